The number of aryl methyl sites for hydroxylation is 1. The van der Waals surface area contributed by atoms with Gasteiger partial charge in [-0.2, -0.15) is 31.3 Å². The van der Waals surface area contributed by atoms with Gasteiger partial charge in [-0.3, -0.25) is 0 Å². The largest absolute Gasteiger partial charge is 0.471 e. The summed E-state index contributed by atoms with van der Waals surface area (Å²) >= 11 is 0. The number of aromatic nitrogens is 3. The Morgan fingerprint density at radius 3 is 2.00 bits per heavy atom. The molecule has 0 aliphatic carbocycles. The van der Waals surface area contributed by atoms with Crippen LogP contribution in [0.4, 0.5) is 26.3 Å². The molecule has 0 amide bonds. The lowest BCUT2D eigenvalue weighted by Gasteiger charge is -2.28. The highest BCUT2D eigenvalue weighted by Gasteiger charge is 2.59. The van der Waals surface area contributed by atoms with Gasteiger partial charge in [-0.25, -0.2) is 0 Å². The molecule has 1 atom stereocenters. The van der Waals surface area contributed by atoms with Gasteiger partial charge in [0.25, 0.3) is 0 Å². The Kier molecular flexibility index (Phi) is 4.25. The van der Waals surface area contributed by atoms with Crippen LogP contribution in [-0.2, 0) is 11.8 Å². The maximum Gasteiger partial charge on any atom is 0.471 e. The van der Waals surface area contributed by atoms with Crippen LogP contribution in [0.1, 0.15) is 22.9 Å². The van der Waals surface area contributed by atoms with Crippen LogP contribution in [0.5, 0.6) is 0 Å². The van der Waals surface area contributed by atoms with E-state index in [0.717, 1.165) is 30.3 Å². The average Bonchev–Trinajstić information content (AvgIpc) is 3.22. The monoisotopic (exact) mass is 393 g/mol. The van der Waals surface area contributed by atoms with E-state index in [0.29, 0.717) is 0 Å². The number of rotatable bonds is 3. The summed E-state index contributed by atoms with van der Waals surface area (Å²) in [4.78, 5) is 3.14. The molecule has 3 rings (SSSR count). The second-order valence-corrected chi connectivity index (χ2v) is 5.54. The average molecular weight is 393 g/mol. The molecule has 27 heavy (non-hydrogen) atoms. The van der Waals surface area contributed by atoms with E-state index in [9.17, 15) is 31.4 Å². The zero-order valence-electron chi connectivity index (χ0n) is 13.3. The van der Waals surface area contributed by atoms with Crippen LogP contribution < -0.4 is 0 Å². The highest BCUT2D eigenvalue weighted by Crippen LogP contribution is 2.44. The predicted octanol–water partition coefficient (Wildman–Crippen LogP) is 3.85. The van der Waals surface area contributed by atoms with Crippen molar-refractivity contribution in [1.82, 2.24) is 15.3 Å². The minimum absolute atomic E-state index is 0.0451. The zero-order valence-corrected chi connectivity index (χ0v) is 13.3. The van der Waals surface area contributed by atoms with Gasteiger partial charge in [-0.05, 0) is 6.92 Å². The van der Waals surface area contributed by atoms with E-state index in [1.807, 2.05) is 0 Å². The van der Waals surface area contributed by atoms with Crippen LogP contribution in [0.2, 0.25) is 0 Å². The summed E-state index contributed by atoms with van der Waals surface area (Å²) in [6.45, 7) is 1.38. The first-order valence-corrected chi connectivity index (χ1v) is 7.17. The number of nitrogens with zero attached hydrogens (tertiary/aromatic N) is 3. The second-order valence-electron chi connectivity index (χ2n) is 5.54. The molecule has 0 bridgehead atoms. The molecule has 144 valence electrons. The lowest BCUT2D eigenvalue weighted by molar-refractivity contribution is -0.254. The summed E-state index contributed by atoms with van der Waals surface area (Å²) in [5.41, 5.74) is -4.05. The van der Waals surface area contributed by atoms with Crippen molar-refractivity contribution in [1.29, 1.82) is 0 Å². The second kappa shape index (κ2) is 6.08. The molecule has 0 spiro atoms. The molecule has 1 aromatic carbocycles. The Hall–Kier alpha value is -2.89. The van der Waals surface area contributed by atoms with Crippen molar-refractivity contribution in [2.45, 2.75) is 24.9 Å². The SMILES string of the molecule is Cc1cc(C(O)(c2ccc(-c3noc(C(F)(F)F)n3)cc2)C(F)(F)F)on1. The van der Waals surface area contributed by atoms with E-state index in [4.69, 9.17) is 0 Å². The van der Waals surface area contributed by atoms with E-state index >= 15 is 0 Å². The Morgan fingerprint density at radius 1 is 0.926 bits per heavy atom. The number of alkyl halides is 6. The van der Waals surface area contributed by atoms with Crippen molar-refractivity contribution in [3.8, 4) is 11.4 Å². The standard InChI is InChI=1S/C15H9F6N3O3/c1-7-6-10(26-23-7)13(25,15(19,20)21)9-4-2-8(3-5-9)11-22-12(27-24-11)14(16,17)18/h2-6,25H,1H3. The molecule has 0 saturated carbocycles. The lowest BCUT2D eigenvalue weighted by Crippen LogP contribution is -2.43. The molecule has 0 aliphatic rings. The maximum atomic E-state index is 13.5. The first-order valence-electron chi connectivity index (χ1n) is 7.17. The van der Waals surface area contributed by atoms with Gasteiger partial charge in [0.15, 0.2) is 5.76 Å². The summed E-state index contributed by atoms with van der Waals surface area (Å²) in [5, 5.41) is 16.8. The molecule has 1 unspecified atom stereocenters. The van der Waals surface area contributed by atoms with Crippen LogP contribution in [0, 0.1) is 6.92 Å². The minimum atomic E-state index is -5.16. The van der Waals surface area contributed by atoms with Gasteiger partial charge < -0.3 is 14.2 Å². The van der Waals surface area contributed by atoms with Crippen molar-refractivity contribution in [3.05, 3.63) is 53.2 Å². The predicted molar refractivity (Wildman–Crippen MR) is 75.0 cm³/mol. The third kappa shape index (κ3) is 3.27. The smallest absolute Gasteiger partial charge is 0.370 e. The number of halogens is 6. The van der Waals surface area contributed by atoms with Gasteiger partial charge in [0.05, 0.1) is 5.69 Å². The molecule has 0 radical (unpaired) electrons. The number of hydrogen-bond acceptors (Lipinski definition) is 6. The Labute approximate surface area is 146 Å². The van der Waals surface area contributed by atoms with Crippen molar-refractivity contribution in [2.24, 2.45) is 0 Å². The minimum Gasteiger partial charge on any atom is -0.370 e. The molecule has 3 aromatic rings. The molecular formula is C15H9F6N3O3. The summed E-state index contributed by atoms with van der Waals surface area (Å²) in [6.07, 6.45) is -10.0. The van der Waals surface area contributed by atoms with Crippen LogP contribution in [0.3, 0.4) is 0 Å². The highest BCUT2D eigenvalue weighted by molar-refractivity contribution is 5.55. The molecule has 1 N–H and O–H groups in total. The van der Waals surface area contributed by atoms with Gasteiger partial charge in [-0.15, -0.1) is 0 Å². The van der Waals surface area contributed by atoms with Crippen LogP contribution in [0.25, 0.3) is 11.4 Å². The molecule has 12 heteroatoms. The van der Waals surface area contributed by atoms with Crippen molar-refractivity contribution >= 4 is 0 Å². The van der Waals surface area contributed by atoms with Gasteiger partial charge in [0, 0.05) is 17.2 Å². The Bertz CT molecular complexity index is 945. The third-order valence-corrected chi connectivity index (χ3v) is 3.62. The first-order chi connectivity index (χ1) is 12.4. The summed E-state index contributed by atoms with van der Waals surface area (Å²) in [7, 11) is 0. The van der Waals surface area contributed by atoms with Gasteiger partial charge in [0.1, 0.15) is 0 Å². The number of hydrogen-bond donors (Lipinski definition) is 1. The summed E-state index contributed by atoms with van der Waals surface area (Å²) in [5.74, 6) is -2.91. The molecule has 6 nitrogen and oxygen atoms in total. The van der Waals surface area contributed by atoms with Crippen LogP contribution in [-0.4, -0.2) is 26.6 Å². The molecule has 0 fully saturated rings. The van der Waals surface area contributed by atoms with Crippen LogP contribution in [0.15, 0.2) is 39.4 Å². The van der Waals surface area contributed by atoms with E-state index in [2.05, 4.69) is 24.3 Å². The van der Waals surface area contributed by atoms with E-state index in [1.54, 1.807) is 0 Å². The normalized spacial score (nSPS) is 15.0. The third-order valence-electron chi connectivity index (χ3n) is 3.62. The summed E-state index contributed by atoms with van der Waals surface area (Å²) < 4.78 is 86.7. The van der Waals surface area contributed by atoms with E-state index in [1.165, 1.54) is 6.92 Å². The highest BCUT2D eigenvalue weighted by atomic mass is 19.4. The molecule has 2 heterocycles. The molecular weight excluding hydrogens is 384 g/mol. The molecule has 0 aliphatic heterocycles. The van der Waals surface area contributed by atoms with Gasteiger partial charge in [0.2, 0.25) is 11.4 Å². The maximum absolute atomic E-state index is 13.5. The van der Waals surface area contributed by atoms with E-state index in [-0.39, 0.29) is 11.3 Å². The lowest BCUT2D eigenvalue weighted by atomic mass is 9.89. The Balaban J connectivity index is 2.01. The number of aliphatic hydroxyl groups is 1. The topological polar surface area (TPSA) is 85.2 Å². The molecule has 0 saturated heterocycles. The fraction of sp³-hybridized carbons (Fsp3) is 0.267. The quantitative estimate of drug-likeness (QED) is 0.681. The van der Waals surface area contributed by atoms with Crippen molar-refractivity contribution in [3.63, 3.8) is 0 Å². The fourth-order valence-electron chi connectivity index (χ4n) is 2.30. The van der Waals surface area contributed by atoms with E-state index < -0.39 is 41.0 Å². The zero-order chi connectivity index (χ0) is 20.0. The van der Waals surface area contributed by atoms with Crippen LogP contribution >= 0.6 is 0 Å². The van der Waals surface area contributed by atoms with Gasteiger partial charge >= 0.3 is 18.2 Å². The fourth-order valence-corrected chi connectivity index (χ4v) is 2.30. The van der Waals surface area contributed by atoms with Crippen molar-refractivity contribution < 1.29 is 40.5 Å². The first kappa shape index (κ1) is 18.9. The molecule has 2 aromatic heterocycles. The summed E-state index contributed by atoms with van der Waals surface area (Å²) in [6, 6.07) is 4.69. The number of benzene rings is 1. The van der Waals surface area contributed by atoms with Crippen molar-refractivity contribution in [2.75, 3.05) is 0 Å². The van der Waals surface area contributed by atoms with Gasteiger partial charge in [-0.1, -0.05) is 34.6 Å². The Morgan fingerprint density at radius 2 is 1.56 bits per heavy atom.